The molecule has 0 fully saturated rings. The van der Waals surface area contributed by atoms with Crippen molar-refractivity contribution >= 4 is 28.9 Å². The monoisotopic (exact) mass is 427 g/mol. The van der Waals surface area contributed by atoms with E-state index in [0.29, 0.717) is 27.3 Å². The Bertz CT molecular complexity index is 1110. The van der Waals surface area contributed by atoms with Gasteiger partial charge in [0.1, 0.15) is 0 Å². The van der Waals surface area contributed by atoms with Gasteiger partial charge in [0.2, 0.25) is 0 Å². The van der Waals surface area contributed by atoms with Crippen molar-refractivity contribution in [2.45, 2.75) is 20.3 Å². The van der Waals surface area contributed by atoms with E-state index < -0.39 is 0 Å². The summed E-state index contributed by atoms with van der Waals surface area (Å²) in [4.78, 5) is 28.3. The number of carbonyl (C=O) groups excluding carboxylic acids is 2. The summed E-state index contributed by atoms with van der Waals surface area (Å²) in [6.45, 7) is 3.97. The number of aryl methyl sites for hydroxylation is 2. The minimum Gasteiger partial charge on any atom is -0.323 e. The molecule has 3 aromatic rings. The fraction of sp³-hybridized carbons (Fsp3) is 0.111. The maximum Gasteiger partial charge on any atom is 0.190 e. The standard InChI is InChI=1S/C27H22ClNO2/c1-18-3-7-20(8-4-18)26(30)22-15-23(27(31)21-9-5-19(2)6-10-21)17-29(16-22)25-13-11-24(28)12-14-25/h3-14,16-17H,15H2,1-2H3. The predicted octanol–water partition coefficient (Wildman–Crippen LogP) is 6.70. The summed E-state index contributed by atoms with van der Waals surface area (Å²) in [6.07, 6.45) is 3.89. The Morgan fingerprint density at radius 1 is 0.677 bits per heavy atom. The number of nitrogens with zero attached hydrogens (tertiary/aromatic N) is 1. The lowest BCUT2D eigenvalue weighted by atomic mass is 9.91. The van der Waals surface area contributed by atoms with Crippen LogP contribution in [-0.4, -0.2) is 11.6 Å². The highest BCUT2D eigenvalue weighted by Crippen LogP contribution is 2.29. The molecule has 154 valence electrons. The molecule has 4 heteroatoms. The molecular formula is C27H22ClNO2. The van der Waals surface area contributed by atoms with Crippen LogP contribution in [0.15, 0.2) is 96.3 Å². The average molecular weight is 428 g/mol. The lowest BCUT2D eigenvalue weighted by molar-refractivity contribution is 0.102. The molecule has 0 N–H and O–H groups in total. The normalized spacial score (nSPS) is 13.5. The molecule has 0 unspecified atom stereocenters. The number of hydrogen-bond acceptors (Lipinski definition) is 3. The topological polar surface area (TPSA) is 37.4 Å². The number of hydrogen-bond donors (Lipinski definition) is 0. The molecule has 0 radical (unpaired) electrons. The van der Waals surface area contributed by atoms with Gasteiger partial charge in [-0.05, 0) is 38.1 Å². The van der Waals surface area contributed by atoms with Crippen molar-refractivity contribution in [2.75, 3.05) is 4.90 Å². The molecule has 31 heavy (non-hydrogen) atoms. The first-order valence-electron chi connectivity index (χ1n) is 10.1. The highest BCUT2D eigenvalue weighted by molar-refractivity contribution is 6.30. The van der Waals surface area contributed by atoms with Gasteiger partial charge in [-0.3, -0.25) is 9.59 Å². The Hall–Kier alpha value is -3.43. The SMILES string of the molecule is Cc1ccc(C(=O)C2=CN(c3ccc(Cl)cc3)C=C(C(=O)c3ccc(C)cc3)C2)cc1. The first-order chi connectivity index (χ1) is 14.9. The Balaban J connectivity index is 1.72. The van der Waals surface area contributed by atoms with Crippen molar-refractivity contribution in [3.63, 3.8) is 0 Å². The van der Waals surface area contributed by atoms with Crippen molar-refractivity contribution in [1.82, 2.24) is 0 Å². The van der Waals surface area contributed by atoms with Crippen LogP contribution in [0.25, 0.3) is 0 Å². The summed E-state index contributed by atoms with van der Waals surface area (Å²) in [6, 6.07) is 22.3. The van der Waals surface area contributed by atoms with E-state index >= 15 is 0 Å². The van der Waals surface area contributed by atoms with Gasteiger partial charge in [0.25, 0.3) is 0 Å². The average Bonchev–Trinajstić information content (AvgIpc) is 2.79. The number of halogens is 1. The maximum absolute atomic E-state index is 13.2. The van der Waals surface area contributed by atoms with Gasteiger partial charge in [0.15, 0.2) is 11.6 Å². The summed E-state index contributed by atoms with van der Waals surface area (Å²) < 4.78 is 0. The molecule has 0 atom stereocenters. The second-order valence-electron chi connectivity index (χ2n) is 7.76. The van der Waals surface area contributed by atoms with Gasteiger partial charge >= 0.3 is 0 Å². The molecule has 0 spiro atoms. The number of Topliss-reactive ketones (excluding diaryl/α,β-unsaturated/α-hetero) is 2. The van der Waals surface area contributed by atoms with Crippen molar-refractivity contribution in [3.05, 3.63) is 124 Å². The van der Waals surface area contributed by atoms with E-state index in [0.717, 1.165) is 16.8 Å². The lowest BCUT2D eigenvalue weighted by Gasteiger charge is -2.25. The van der Waals surface area contributed by atoms with Gasteiger partial charge in [-0.2, -0.15) is 0 Å². The number of allylic oxidation sites excluding steroid dienone is 2. The minimum absolute atomic E-state index is 0.0822. The smallest absolute Gasteiger partial charge is 0.190 e. The van der Waals surface area contributed by atoms with Crippen LogP contribution < -0.4 is 4.90 Å². The van der Waals surface area contributed by atoms with E-state index in [-0.39, 0.29) is 18.0 Å². The number of benzene rings is 3. The van der Waals surface area contributed by atoms with Gasteiger partial charge in [-0.1, -0.05) is 71.3 Å². The Labute approximate surface area is 187 Å². The third-order valence-electron chi connectivity index (χ3n) is 5.31. The molecule has 0 aromatic heterocycles. The summed E-state index contributed by atoms with van der Waals surface area (Å²) in [5.74, 6) is -0.164. The van der Waals surface area contributed by atoms with Crippen molar-refractivity contribution in [2.24, 2.45) is 0 Å². The van der Waals surface area contributed by atoms with Crippen molar-refractivity contribution in [3.8, 4) is 0 Å². The zero-order valence-electron chi connectivity index (χ0n) is 17.4. The van der Waals surface area contributed by atoms with E-state index in [1.807, 2.05) is 79.4 Å². The molecule has 0 saturated carbocycles. The van der Waals surface area contributed by atoms with Crippen LogP contribution in [0.3, 0.4) is 0 Å². The lowest BCUT2D eigenvalue weighted by Crippen LogP contribution is -2.21. The molecule has 1 aliphatic rings. The Morgan fingerprint density at radius 3 is 1.52 bits per heavy atom. The summed E-state index contributed by atoms with van der Waals surface area (Å²) >= 11 is 6.04. The molecule has 4 rings (SSSR count). The quantitative estimate of drug-likeness (QED) is 0.425. The largest absolute Gasteiger partial charge is 0.323 e. The summed E-state index contributed by atoms with van der Waals surface area (Å²) in [7, 11) is 0. The second kappa shape index (κ2) is 8.75. The van der Waals surface area contributed by atoms with Crippen LogP contribution in [0.2, 0.25) is 5.02 Å². The van der Waals surface area contributed by atoms with E-state index in [4.69, 9.17) is 11.6 Å². The number of carbonyl (C=O) groups is 2. The maximum atomic E-state index is 13.2. The molecule has 3 nitrogen and oxygen atoms in total. The molecule has 3 aromatic carbocycles. The van der Waals surface area contributed by atoms with E-state index in [1.165, 1.54) is 0 Å². The van der Waals surface area contributed by atoms with Crippen LogP contribution >= 0.6 is 11.6 Å². The first kappa shape index (κ1) is 20.8. The molecule has 1 heterocycles. The molecule has 0 saturated heterocycles. The van der Waals surface area contributed by atoms with Crippen LogP contribution in [0.5, 0.6) is 0 Å². The van der Waals surface area contributed by atoms with E-state index in [9.17, 15) is 9.59 Å². The molecule has 0 amide bonds. The molecule has 0 aliphatic carbocycles. The highest BCUT2D eigenvalue weighted by Gasteiger charge is 2.24. The van der Waals surface area contributed by atoms with Gasteiger partial charge in [-0.25, -0.2) is 0 Å². The predicted molar refractivity (Wildman–Crippen MR) is 126 cm³/mol. The number of ketones is 2. The fourth-order valence-electron chi connectivity index (χ4n) is 3.49. The molecule has 1 aliphatic heterocycles. The van der Waals surface area contributed by atoms with Crippen LogP contribution in [0.1, 0.15) is 38.3 Å². The highest BCUT2D eigenvalue weighted by atomic mass is 35.5. The zero-order chi connectivity index (χ0) is 22.0. The summed E-state index contributed by atoms with van der Waals surface area (Å²) in [5.41, 5.74) is 5.36. The fourth-order valence-corrected chi connectivity index (χ4v) is 3.62. The van der Waals surface area contributed by atoms with Crippen LogP contribution in [0.4, 0.5) is 5.69 Å². The third kappa shape index (κ3) is 4.68. The summed E-state index contributed by atoms with van der Waals surface area (Å²) in [5, 5.41) is 0.626. The van der Waals surface area contributed by atoms with E-state index in [2.05, 4.69) is 0 Å². The van der Waals surface area contributed by atoms with Crippen LogP contribution in [0, 0.1) is 13.8 Å². The van der Waals surface area contributed by atoms with Crippen LogP contribution in [-0.2, 0) is 0 Å². The molecule has 0 bridgehead atoms. The van der Waals surface area contributed by atoms with Gasteiger partial charge in [-0.15, -0.1) is 0 Å². The van der Waals surface area contributed by atoms with Gasteiger partial charge < -0.3 is 4.90 Å². The zero-order valence-corrected chi connectivity index (χ0v) is 18.2. The third-order valence-corrected chi connectivity index (χ3v) is 5.56. The minimum atomic E-state index is -0.0822. The van der Waals surface area contributed by atoms with Gasteiger partial charge in [0, 0.05) is 51.8 Å². The first-order valence-corrected chi connectivity index (χ1v) is 10.5. The number of anilines is 1. The van der Waals surface area contributed by atoms with E-state index in [1.54, 1.807) is 24.5 Å². The second-order valence-corrected chi connectivity index (χ2v) is 8.20. The van der Waals surface area contributed by atoms with Crippen molar-refractivity contribution < 1.29 is 9.59 Å². The molecular weight excluding hydrogens is 406 g/mol. The van der Waals surface area contributed by atoms with Gasteiger partial charge in [0.05, 0.1) is 0 Å². The Morgan fingerprint density at radius 2 is 1.10 bits per heavy atom. The van der Waals surface area contributed by atoms with Crippen molar-refractivity contribution in [1.29, 1.82) is 0 Å². The number of rotatable bonds is 5. The Kier molecular flexibility index (Phi) is 5.88.